The lowest BCUT2D eigenvalue weighted by Gasteiger charge is -2.32. The summed E-state index contributed by atoms with van der Waals surface area (Å²) in [4.78, 5) is 0. The van der Waals surface area contributed by atoms with Crippen molar-refractivity contribution in [3.8, 4) is 0 Å². The number of rotatable bonds is 11. The van der Waals surface area contributed by atoms with Gasteiger partial charge in [0.05, 0.1) is 17.8 Å². The second-order valence-corrected chi connectivity index (χ2v) is 8.48. The van der Waals surface area contributed by atoms with Crippen LogP contribution in [0.1, 0.15) is 46.1 Å². The molecule has 0 radical (unpaired) electrons. The molecule has 7 heteroatoms. The second kappa shape index (κ2) is 9.89. The Hall–Kier alpha value is -1.67. The molecule has 0 spiro atoms. The van der Waals surface area contributed by atoms with Crippen molar-refractivity contribution in [3.05, 3.63) is 48.3 Å². The maximum Gasteiger partial charge on any atom is 0.498 e. The fraction of sp³-hybridized carbons (Fsp3) is 0.591. The second-order valence-electron chi connectivity index (χ2n) is 8.48. The fourth-order valence-electron chi connectivity index (χ4n) is 3.06. The Labute approximate surface area is 174 Å². The minimum atomic E-state index is -0.360. The monoisotopic (exact) mass is 400 g/mol. The van der Waals surface area contributed by atoms with E-state index in [1.54, 1.807) is 0 Å². The van der Waals surface area contributed by atoms with Crippen molar-refractivity contribution in [1.29, 1.82) is 0 Å². The summed E-state index contributed by atoms with van der Waals surface area (Å²) in [5, 5.41) is 4.42. The molecule has 0 amide bonds. The lowest BCUT2D eigenvalue weighted by Crippen LogP contribution is -2.41. The SMILES string of the molecule is CC1(C)OB(c2cnn(CCCOCCCOCc3ccccc3)c2)OC1(C)C. The summed E-state index contributed by atoms with van der Waals surface area (Å²) in [6, 6.07) is 10.2. The molecule has 29 heavy (non-hydrogen) atoms. The van der Waals surface area contributed by atoms with Crippen molar-refractivity contribution in [2.24, 2.45) is 0 Å². The molecule has 1 saturated heterocycles. The average molecular weight is 400 g/mol. The van der Waals surface area contributed by atoms with Crippen LogP contribution in [0, 0.1) is 0 Å². The standard InChI is InChI=1S/C22H33BN2O4/c1-21(2)22(3,4)29-23(28-21)20-16-24-25(17-20)12-8-13-26-14-9-15-27-18-19-10-6-5-7-11-19/h5-7,10-11,16-17H,8-9,12-15,18H2,1-4H3. The Bertz CT molecular complexity index is 732. The Morgan fingerprint density at radius 3 is 2.31 bits per heavy atom. The number of aryl methyl sites for hydroxylation is 1. The zero-order chi connectivity index (χ0) is 20.7. The molecule has 1 aromatic carbocycles. The fourth-order valence-corrected chi connectivity index (χ4v) is 3.06. The molecular formula is C22H33BN2O4. The number of ether oxygens (including phenoxy) is 2. The molecule has 0 unspecified atom stereocenters. The Morgan fingerprint density at radius 2 is 1.59 bits per heavy atom. The first kappa shape index (κ1) is 22.0. The van der Waals surface area contributed by atoms with Crippen molar-refractivity contribution >= 4 is 12.6 Å². The van der Waals surface area contributed by atoms with Crippen molar-refractivity contribution in [1.82, 2.24) is 9.78 Å². The predicted molar refractivity (Wildman–Crippen MR) is 114 cm³/mol. The van der Waals surface area contributed by atoms with E-state index in [0.29, 0.717) is 26.4 Å². The molecule has 1 aromatic heterocycles. The molecule has 2 aromatic rings. The number of aromatic nitrogens is 2. The molecular weight excluding hydrogens is 367 g/mol. The first-order valence-electron chi connectivity index (χ1n) is 10.4. The van der Waals surface area contributed by atoms with E-state index in [0.717, 1.165) is 24.8 Å². The molecule has 158 valence electrons. The highest BCUT2D eigenvalue weighted by atomic mass is 16.7. The summed E-state index contributed by atoms with van der Waals surface area (Å²) in [6.07, 6.45) is 5.64. The third kappa shape index (κ3) is 6.16. The van der Waals surface area contributed by atoms with E-state index in [4.69, 9.17) is 18.8 Å². The lowest BCUT2D eigenvalue weighted by atomic mass is 9.82. The Balaban J connectivity index is 1.25. The third-order valence-corrected chi connectivity index (χ3v) is 5.54. The van der Waals surface area contributed by atoms with Crippen LogP contribution in [0.3, 0.4) is 0 Å². The van der Waals surface area contributed by atoms with Crippen molar-refractivity contribution in [2.75, 3.05) is 19.8 Å². The van der Waals surface area contributed by atoms with Crippen LogP contribution in [0.5, 0.6) is 0 Å². The third-order valence-electron chi connectivity index (χ3n) is 5.54. The van der Waals surface area contributed by atoms with Crippen molar-refractivity contribution in [2.45, 2.75) is 64.9 Å². The first-order chi connectivity index (χ1) is 13.9. The van der Waals surface area contributed by atoms with Crippen molar-refractivity contribution in [3.63, 3.8) is 0 Å². The van der Waals surface area contributed by atoms with Crippen LogP contribution >= 0.6 is 0 Å². The summed E-state index contributed by atoms with van der Waals surface area (Å²) in [6.45, 7) is 11.8. The highest BCUT2D eigenvalue weighted by Gasteiger charge is 2.52. The van der Waals surface area contributed by atoms with Gasteiger partial charge in [-0.25, -0.2) is 0 Å². The number of hydrogen-bond donors (Lipinski definition) is 0. The van der Waals surface area contributed by atoms with Gasteiger partial charge in [-0.3, -0.25) is 4.68 Å². The molecule has 0 aliphatic carbocycles. The van der Waals surface area contributed by atoms with Gasteiger partial charge in [0, 0.05) is 44.2 Å². The van der Waals surface area contributed by atoms with Crippen LogP contribution < -0.4 is 5.46 Å². The zero-order valence-electron chi connectivity index (χ0n) is 18.1. The summed E-state index contributed by atoms with van der Waals surface area (Å²) < 4.78 is 25.4. The van der Waals surface area contributed by atoms with Crippen LogP contribution in [0.2, 0.25) is 0 Å². The highest BCUT2D eigenvalue weighted by Crippen LogP contribution is 2.36. The smallest absolute Gasteiger partial charge is 0.399 e. The van der Waals surface area contributed by atoms with E-state index >= 15 is 0 Å². The summed E-state index contributed by atoms with van der Waals surface area (Å²) in [7, 11) is -0.360. The molecule has 0 N–H and O–H groups in total. The molecule has 1 aliphatic heterocycles. The van der Waals surface area contributed by atoms with E-state index in [-0.39, 0.29) is 18.3 Å². The predicted octanol–water partition coefficient (Wildman–Crippen LogP) is 3.20. The molecule has 0 bridgehead atoms. The Morgan fingerprint density at radius 1 is 0.931 bits per heavy atom. The summed E-state index contributed by atoms with van der Waals surface area (Å²) in [5.74, 6) is 0. The molecule has 1 aliphatic rings. The van der Waals surface area contributed by atoms with Crippen molar-refractivity contribution < 1.29 is 18.8 Å². The van der Waals surface area contributed by atoms with Crippen LogP contribution in [0.4, 0.5) is 0 Å². The molecule has 1 fully saturated rings. The minimum absolute atomic E-state index is 0.335. The molecule has 6 nitrogen and oxygen atoms in total. The van der Waals surface area contributed by atoms with Gasteiger partial charge >= 0.3 is 7.12 Å². The van der Waals surface area contributed by atoms with Gasteiger partial charge in [0.15, 0.2) is 0 Å². The molecule has 2 heterocycles. The van der Waals surface area contributed by atoms with Gasteiger partial charge in [-0.2, -0.15) is 5.10 Å². The normalized spacial score (nSPS) is 17.7. The topological polar surface area (TPSA) is 54.7 Å². The first-order valence-corrected chi connectivity index (χ1v) is 10.4. The average Bonchev–Trinajstić information content (AvgIpc) is 3.23. The zero-order valence-corrected chi connectivity index (χ0v) is 18.1. The van der Waals surface area contributed by atoms with E-state index in [1.165, 1.54) is 5.56 Å². The highest BCUT2D eigenvalue weighted by molar-refractivity contribution is 6.61. The number of benzene rings is 1. The van der Waals surface area contributed by atoms with Crippen LogP contribution in [0.15, 0.2) is 42.7 Å². The molecule has 0 saturated carbocycles. The number of nitrogens with zero attached hydrogens (tertiary/aromatic N) is 2. The number of hydrogen-bond acceptors (Lipinski definition) is 5. The van der Waals surface area contributed by atoms with Gasteiger partial charge in [0.1, 0.15) is 0 Å². The van der Waals surface area contributed by atoms with Crippen LogP contribution in [-0.4, -0.2) is 47.9 Å². The van der Waals surface area contributed by atoms with E-state index in [1.807, 2.05) is 35.3 Å². The van der Waals surface area contributed by atoms with Gasteiger partial charge in [-0.15, -0.1) is 0 Å². The largest absolute Gasteiger partial charge is 0.498 e. The molecule has 0 atom stereocenters. The summed E-state index contributed by atoms with van der Waals surface area (Å²) >= 11 is 0. The molecule has 3 rings (SSSR count). The van der Waals surface area contributed by atoms with E-state index < -0.39 is 0 Å². The van der Waals surface area contributed by atoms with Gasteiger partial charge < -0.3 is 18.8 Å². The minimum Gasteiger partial charge on any atom is -0.399 e. The maximum absolute atomic E-state index is 6.07. The van der Waals surface area contributed by atoms with Crippen LogP contribution in [-0.2, 0) is 31.9 Å². The quantitative estimate of drug-likeness (QED) is 0.428. The summed E-state index contributed by atoms with van der Waals surface area (Å²) in [5.41, 5.74) is 1.49. The van der Waals surface area contributed by atoms with Gasteiger partial charge in [-0.1, -0.05) is 30.3 Å². The van der Waals surface area contributed by atoms with E-state index in [9.17, 15) is 0 Å². The van der Waals surface area contributed by atoms with Gasteiger partial charge in [-0.05, 0) is 46.1 Å². The Kier molecular flexibility index (Phi) is 7.52. The van der Waals surface area contributed by atoms with E-state index in [2.05, 4.69) is 44.9 Å². The van der Waals surface area contributed by atoms with Gasteiger partial charge in [0.25, 0.3) is 0 Å². The van der Waals surface area contributed by atoms with Crippen LogP contribution in [0.25, 0.3) is 0 Å². The maximum atomic E-state index is 6.07. The lowest BCUT2D eigenvalue weighted by molar-refractivity contribution is 0.00578. The van der Waals surface area contributed by atoms with Gasteiger partial charge in [0.2, 0.25) is 0 Å².